The highest BCUT2D eigenvalue weighted by Crippen LogP contribution is 2.21. The van der Waals surface area contributed by atoms with Crippen LogP contribution in [0, 0.1) is 0 Å². The van der Waals surface area contributed by atoms with E-state index >= 15 is 0 Å². The molecule has 0 saturated heterocycles. The molecular weight excluding hydrogens is 264 g/mol. The van der Waals surface area contributed by atoms with Crippen molar-refractivity contribution in [3.05, 3.63) is 48.5 Å². The maximum Gasteiger partial charge on any atom is 0.221 e. The average Bonchev–Trinajstić information content (AvgIpc) is 2.48. The quantitative estimate of drug-likeness (QED) is 0.793. The summed E-state index contributed by atoms with van der Waals surface area (Å²) >= 11 is 0. The Balaban J connectivity index is 2.01. The van der Waals surface area contributed by atoms with Crippen LogP contribution in [0.15, 0.2) is 58.8 Å². The number of amides is 1. The Kier molecular flexibility index (Phi) is 5.04. The lowest BCUT2D eigenvalue weighted by molar-refractivity contribution is -0.114. The van der Waals surface area contributed by atoms with Gasteiger partial charge < -0.3 is 10.6 Å². The second-order valence-corrected chi connectivity index (χ2v) is 4.51. The normalized spacial score (nSPS) is 10.6. The van der Waals surface area contributed by atoms with Crippen molar-refractivity contribution >= 4 is 28.7 Å². The Labute approximate surface area is 124 Å². The first-order chi connectivity index (χ1) is 10.2. The summed E-state index contributed by atoms with van der Waals surface area (Å²) in [7, 11) is 0. The van der Waals surface area contributed by atoms with E-state index < -0.39 is 0 Å². The molecule has 0 saturated carbocycles. The first kappa shape index (κ1) is 14.7. The molecule has 1 amide bonds. The summed E-state index contributed by atoms with van der Waals surface area (Å²) in [5.74, 6) is -0.0924. The van der Waals surface area contributed by atoms with Crippen LogP contribution in [0.3, 0.4) is 0 Å². The number of benzene rings is 2. The van der Waals surface area contributed by atoms with E-state index in [0.717, 1.165) is 29.3 Å². The summed E-state index contributed by atoms with van der Waals surface area (Å²) in [4.78, 5) is 10.9. The zero-order chi connectivity index (χ0) is 15.1. The van der Waals surface area contributed by atoms with E-state index in [0.29, 0.717) is 0 Å². The fraction of sp³-hybridized carbons (Fsp3) is 0.188. The van der Waals surface area contributed by atoms with Gasteiger partial charge in [-0.2, -0.15) is 10.2 Å². The lowest BCUT2D eigenvalue weighted by atomic mass is 10.3. The molecule has 0 spiro atoms. The highest BCUT2D eigenvalue weighted by Gasteiger charge is 1.96. The second-order valence-electron chi connectivity index (χ2n) is 4.51. The van der Waals surface area contributed by atoms with Gasteiger partial charge in [-0.1, -0.05) is 0 Å². The van der Waals surface area contributed by atoms with Crippen LogP contribution in [0.25, 0.3) is 0 Å². The van der Waals surface area contributed by atoms with Gasteiger partial charge >= 0.3 is 0 Å². The Morgan fingerprint density at radius 1 is 0.905 bits per heavy atom. The molecule has 0 atom stereocenters. The molecule has 2 aromatic rings. The highest BCUT2D eigenvalue weighted by molar-refractivity contribution is 5.88. The van der Waals surface area contributed by atoms with Gasteiger partial charge in [0, 0.05) is 24.8 Å². The number of anilines is 2. The third kappa shape index (κ3) is 4.72. The van der Waals surface area contributed by atoms with Gasteiger partial charge in [-0.25, -0.2) is 0 Å². The van der Waals surface area contributed by atoms with Crippen LogP contribution in [0.2, 0.25) is 0 Å². The lowest BCUT2D eigenvalue weighted by Crippen LogP contribution is -2.04. The zero-order valence-corrected chi connectivity index (χ0v) is 12.1. The van der Waals surface area contributed by atoms with E-state index in [2.05, 4.69) is 27.8 Å². The van der Waals surface area contributed by atoms with E-state index in [1.54, 1.807) is 12.1 Å². The smallest absolute Gasteiger partial charge is 0.221 e. The van der Waals surface area contributed by atoms with E-state index in [-0.39, 0.29) is 5.91 Å². The average molecular weight is 282 g/mol. The molecule has 2 N–H and O–H groups in total. The Hall–Kier alpha value is -2.69. The van der Waals surface area contributed by atoms with Crippen LogP contribution in [-0.4, -0.2) is 12.5 Å². The number of azo groups is 1. The van der Waals surface area contributed by atoms with Crippen LogP contribution >= 0.6 is 0 Å². The maximum absolute atomic E-state index is 10.9. The van der Waals surface area contributed by atoms with E-state index in [9.17, 15) is 4.79 Å². The van der Waals surface area contributed by atoms with Gasteiger partial charge in [0.05, 0.1) is 11.4 Å². The molecule has 0 heterocycles. The van der Waals surface area contributed by atoms with Gasteiger partial charge in [0.2, 0.25) is 5.91 Å². The lowest BCUT2D eigenvalue weighted by Gasteiger charge is -2.02. The third-order valence-electron chi connectivity index (χ3n) is 2.72. The molecule has 0 bridgehead atoms. The van der Waals surface area contributed by atoms with Crippen molar-refractivity contribution in [3.8, 4) is 0 Å². The summed E-state index contributed by atoms with van der Waals surface area (Å²) in [6.45, 7) is 4.42. The molecule has 5 nitrogen and oxygen atoms in total. The summed E-state index contributed by atoms with van der Waals surface area (Å²) in [6.07, 6.45) is 0. The van der Waals surface area contributed by atoms with Crippen LogP contribution in [-0.2, 0) is 4.79 Å². The molecule has 0 radical (unpaired) electrons. The Morgan fingerprint density at radius 2 is 1.38 bits per heavy atom. The van der Waals surface area contributed by atoms with Crippen LogP contribution in [0.1, 0.15) is 13.8 Å². The molecule has 2 rings (SSSR count). The zero-order valence-electron chi connectivity index (χ0n) is 12.1. The minimum atomic E-state index is -0.0924. The Morgan fingerprint density at radius 3 is 1.81 bits per heavy atom. The molecule has 21 heavy (non-hydrogen) atoms. The van der Waals surface area contributed by atoms with Gasteiger partial charge in [-0.15, -0.1) is 0 Å². The van der Waals surface area contributed by atoms with Gasteiger partial charge in [0.25, 0.3) is 0 Å². The number of nitrogens with zero attached hydrogens (tertiary/aromatic N) is 2. The standard InChI is InChI=1S/C16H18N4O/c1-3-17-13-4-8-15(9-5-13)19-20-16-10-6-14(7-11-16)18-12(2)21/h4-11,17H,3H2,1-2H3,(H,18,21). The van der Waals surface area contributed by atoms with Crippen molar-refractivity contribution in [3.63, 3.8) is 0 Å². The molecular formula is C16H18N4O. The van der Waals surface area contributed by atoms with Crippen molar-refractivity contribution in [1.29, 1.82) is 0 Å². The molecule has 2 aromatic carbocycles. The van der Waals surface area contributed by atoms with Crippen LogP contribution in [0.4, 0.5) is 22.7 Å². The number of nitrogens with one attached hydrogen (secondary N) is 2. The van der Waals surface area contributed by atoms with Crippen molar-refractivity contribution < 1.29 is 4.79 Å². The predicted molar refractivity (Wildman–Crippen MR) is 85.5 cm³/mol. The van der Waals surface area contributed by atoms with Gasteiger partial charge in [-0.3, -0.25) is 4.79 Å². The minimum absolute atomic E-state index is 0.0924. The van der Waals surface area contributed by atoms with Crippen molar-refractivity contribution in [2.75, 3.05) is 17.2 Å². The molecule has 0 unspecified atom stereocenters. The molecule has 0 aromatic heterocycles. The van der Waals surface area contributed by atoms with Crippen molar-refractivity contribution in [2.45, 2.75) is 13.8 Å². The second kappa shape index (κ2) is 7.19. The van der Waals surface area contributed by atoms with Crippen LogP contribution < -0.4 is 10.6 Å². The number of hydrogen-bond acceptors (Lipinski definition) is 4. The predicted octanol–water partition coefficient (Wildman–Crippen LogP) is 4.49. The van der Waals surface area contributed by atoms with E-state index in [1.807, 2.05) is 36.4 Å². The van der Waals surface area contributed by atoms with E-state index in [4.69, 9.17) is 0 Å². The molecule has 0 aliphatic heterocycles. The SMILES string of the molecule is CCNc1ccc(N=Nc2ccc(NC(C)=O)cc2)cc1. The molecule has 0 aliphatic carbocycles. The van der Waals surface area contributed by atoms with E-state index in [1.165, 1.54) is 6.92 Å². The first-order valence-corrected chi connectivity index (χ1v) is 6.80. The molecule has 0 aliphatic rings. The number of rotatable bonds is 5. The van der Waals surface area contributed by atoms with Gasteiger partial charge in [0.1, 0.15) is 0 Å². The van der Waals surface area contributed by atoms with Gasteiger partial charge in [0.15, 0.2) is 0 Å². The fourth-order valence-electron chi connectivity index (χ4n) is 1.78. The number of carbonyl (C=O) groups excluding carboxylic acids is 1. The molecule has 5 heteroatoms. The fourth-order valence-corrected chi connectivity index (χ4v) is 1.78. The molecule has 108 valence electrons. The van der Waals surface area contributed by atoms with Crippen molar-refractivity contribution in [2.24, 2.45) is 10.2 Å². The summed E-state index contributed by atoms with van der Waals surface area (Å²) in [5, 5.41) is 14.3. The topological polar surface area (TPSA) is 65.8 Å². The monoisotopic (exact) mass is 282 g/mol. The summed E-state index contributed by atoms with van der Waals surface area (Å²) < 4.78 is 0. The highest BCUT2D eigenvalue weighted by atomic mass is 16.1. The first-order valence-electron chi connectivity index (χ1n) is 6.80. The van der Waals surface area contributed by atoms with Crippen LogP contribution in [0.5, 0.6) is 0 Å². The molecule has 0 fully saturated rings. The number of hydrogen-bond donors (Lipinski definition) is 2. The third-order valence-corrected chi connectivity index (χ3v) is 2.72. The van der Waals surface area contributed by atoms with Crippen molar-refractivity contribution in [1.82, 2.24) is 0 Å². The summed E-state index contributed by atoms with van der Waals surface area (Å²) in [6, 6.07) is 15.0. The Bertz CT molecular complexity index is 618. The summed E-state index contributed by atoms with van der Waals surface area (Å²) in [5.41, 5.74) is 3.34. The number of carbonyl (C=O) groups is 1. The minimum Gasteiger partial charge on any atom is -0.385 e. The maximum atomic E-state index is 10.9. The largest absolute Gasteiger partial charge is 0.385 e. The van der Waals surface area contributed by atoms with Gasteiger partial charge in [-0.05, 0) is 55.5 Å².